The zero-order valence-electron chi connectivity index (χ0n) is 15.8. The van der Waals surface area contributed by atoms with Gasteiger partial charge in [-0.15, -0.1) is 0 Å². The van der Waals surface area contributed by atoms with Crippen molar-refractivity contribution in [2.24, 2.45) is 0 Å². The first-order valence-corrected chi connectivity index (χ1v) is 10.8. The molecule has 0 spiro atoms. The number of benzene rings is 4. The number of halogens is 4. The smallest absolute Gasteiger partial charge is 0.125 e. The zero-order chi connectivity index (χ0) is 21.1. The molecule has 30 heavy (non-hydrogen) atoms. The topological polar surface area (TPSA) is 21.3 Å². The van der Waals surface area contributed by atoms with Crippen LogP contribution in [-0.4, -0.2) is 0 Å². The van der Waals surface area contributed by atoms with Crippen LogP contribution in [0.1, 0.15) is 11.1 Å². The molecule has 0 saturated carbocycles. The molecule has 4 aromatic rings. The molecule has 0 aliphatic carbocycles. The van der Waals surface area contributed by atoms with Crippen LogP contribution in [0.3, 0.4) is 0 Å². The van der Waals surface area contributed by atoms with E-state index in [0.29, 0.717) is 26.6 Å². The fourth-order valence-electron chi connectivity index (χ4n) is 3.25. The predicted molar refractivity (Wildman–Crippen MR) is 129 cm³/mol. The van der Waals surface area contributed by atoms with Gasteiger partial charge >= 0.3 is 0 Å². The van der Waals surface area contributed by atoms with Crippen molar-refractivity contribution in [1.29, 1.82) is 0 Å². The van der Waals surface area contributed by atoms with Crippen LogP contribution < -0.4 is 10.1 Å². The van der Waals surface area contributed by atoms with Crippen LogP contribution in [0.25, 0.3) is 10.8 Å². The molecule has 0 bridgehead atoms. The minimum Gasteiger partial charge on any atom is -0.488 e. The third-order valence-corrected chi connectivity index (χ3v) is 6.27. The van der Waals surface area contributed by atoms with Gasteiger partial charge in [-0.25, -0.2) is 0 Å². The summed E-state index contributed by atoms with van der Waals surface area (Å²) in [5.74, 6) is 0.761. The van der Waals surface area contributed by atoms with E-state index in [1.807, 2.05) is 36.4 Å². The molecule has 0 aromatic heterocycles. The highest BCUT2D eigenvalue weighted by Crippen LogP contribution is 2.32. The number of nitrogens with one attached hydrogen (secondary N) is 1. The van der Waals surface area contributed by atoms with Crippen LogP contribution >= 0.6 is 46.4 Å². The van der Waals surface area contributed by atoms with Gasteiger partial charge in [-0.3, -0.25) is 0 Å². The fraction of sp³-hybridized carbons (Fsp3) is 0.0833. The number of hydrogen-bond donors (Lipinski definition) is 1. The molecule has 0 atom stereocenters. The van der Waals surface area contributed by atoms with E-state index in [-0.39, 0.29) is 6.61 Å². The normalized spacial score (nSPS) is 10.9. The van der Waals surface area contributed by atoms with Crippen molar-refractivity contribution < 1.29 is 4.74 Å². The van der Waals surface area contributed by atoms with E-state index < -0.39 is 0 Å². The Morgan fingerprint density at radius 3 is 2.20 bits per heavy atom. The molecule has 0 aliphatic heterocycles. The molecule has 6 heteroatoms. The van der Waals surface area contributed by atoms with Crippen molar-refractivity contribution in [2.45, 2.75) is 13.2 Å². The molecular weight excluding hydrogens is 460 g/mol. The summed E-state index contributed by atoms with van der Waals surface area (Å²) < 4.78 is 6.17. The average molecular weight is 477 g/mol. The van der Waals surface area contributed by atoms with Crippen LogP contribution in [0.5, 0.6) is 5.75 Å². The van der Waals surface area contributed by atoms with Gasteiger partial charge in [0.25, 0.3) is 0 Å². The highest BCUT2D eigenvalue weighted by Gasteiger charge is 2.12. The summed E-state index contributed by atoms with van der Waals surface area (Å²) in [5.41, 5.74) is 2.66. The summed E-state index contributed by atoms with van der Waals surface area (Å²) in [6, 6.07) is 23.1. The third kappa shape index (κ3) is 4.63. The predicted octanol–water partition coefficient (Wildman–Crippen LogP) is 8.64. The molecule has 0 aliphatic rings. The first-order chi connectivity index (χ1) is 14.5. The number of fused-ring (bicyclic) bond motifs is 1. The lowest BCUT2D eigenvalue weighted by Gasteiger charge is -2.17. The first-order valence-electron chi connectivity index (χ1n) is 9.28. The molecule has 0 radical (unpaired) electrons. The minimum atomic E-state index is 0.274. The Hall–Kier alpha value is -2.10. The Morgan fingerprint density at radius 2 is 1.43 bits per heavy atom. The van der Waals surface area contributed by atoms with Crippen molar-refractivity contribution in [1.82, 2.24) is 0 Å². The second-order valence-electron chi connectivity index (χ2n) is 6.73. The Balaban J connectivity index is 1.64. The largest absolute Gasteiger partial charge is 0.488 e. The Morgan fingerprint density at radius 1 is 0.667 bits per heavy atom. The van der Waals surface area contributed by atoms with E-state index in [1.165, 1.54) is 0 Å². The van der Waals surface area contributed by atoms with E-state index in [1.54, 1.807) is 24.3 Å². The second-order valence-corrected chi connectivity index (χ2v) is 8.36. The van der Waals surface area contributed by atoms with Gasteiger partial charge in [0.2, 0.25) is 0 Å². The maximum absolute atomic E-state index is 6.30. The molecule has 0 heterocycles. The maximum atomic E-state index is 6.30. The molecule has 0 amide bonds. The second kappa shape index (κ2) is 9.36. The monoisotopic (exact) mass is 475 g/mol. The minimum absolute atomic E-state index is 0.274. The van der Waals surface area contributed by atoms with Gasteiger partial charge in [0, 0.05) is 33.4 Å². The quantitative estimate of drug-likeness (QED) is 0.300. The summed E-state index contributed by atoms with van der Waals surface area (Å²) in [5, 5.41) is 7.83. The molecule has 4 aromatic carbocycles. The van der Waals surface area contributed by atoms with Gasteiger partial charge in [-0.1, -0.05) is 82.8 Å². The summed E-state index contributed by atoms with van der Waals surface area (Å²) in [6.07, 6.45) is 0. The Bertz CT molecular complexity index is 1190. The van der Waals surface area contributed by atoms with E-state index in [0.717, 1.165) is 33.3 Å². The number of rotatable bonds is 6. The fourth-order valence-corrected chi connectivity index (χ4v) is 4.05. The summed E-state index contributed by atoms with van der Waals surface area (Å²) >= 11 is 24.8. The highest BCUT2D eigenvalue weighted by molar-refractivity contribution is 6.42. The van der Waals surface area contributed by atoms with E-state index in [2.05, 4.69) is 17.4 Å². The van der Waals surface area contributed by atoms with Crippen LogP contribution in [0.4, 0.5) is 5.69 Å². The van der Waals surface area contributed by atoms with Gasteiger partial charge in [0.1, 0.15) is 12.4 Å². The molecule has 0 unspecified atom stereocenters. The highest BCUT2D eigenvalue weighted by atomic mass is 35.5. The van der Waals surface area contributed by atoms with Gasteiger partial charge in [-0.2, -0.15) is 0 Å². The van der Waals surface area contributed by atoms with Gasteiger partial charge in [0.05, 0.1) is 10.0 Å². The van der Waals surface area contributed by atoms with Crippen LogP contribution in [0.2, 0.25) is 20.1 Å². The SMILES string of the molecule is Clc1ccc(NCc2c(OCc3c(Cl)cccc3Cl)ccc3ccccc23)cc1Cl. The van der Waals surface area contributed by atoms with Crippen molar-refractivity contribution in [2.75, 3.05) is 5.32 Å². The molecule has 0 fully saturated rings. The van der Waals surface area contributed by atoms with E-state index in [9.17, 15) is 0 Å². The molecule has 0 saturated heterocycles. The molecular formula is C24H17Cl4NO. The standard InChI is InChI=1S/C24H17Cl4NO/c25-20-6-3-7-21(26)19(20)14-30-24-11-8-15-4-1-2-5-17(15)18(24)13-29-16-9-10-22(27)23(28)12-16/h1-12,29H,13-14H2. The van der Waals surface area contributed by atoms with Crippen LogP contribution in [0, 0.1) is 0 Å². The summed E-state index contributed by atoms with van der Waals surface area (Å²) in [6.45, 7) is 0.821. The van der Waals surface area contributed by atoms with Crippen molar-refractivity contribution >= 4 is 62.9 Å². The zero-order valence-corrected chi connectivity index (χ0v) is 18.8. The lowest BCUT2D eigenvalue weighted by molar-refractivity contribution is 0.304. The third-order valence-electron chi connectivity index (χ3n) is 4.82. The average Bonchev–Trinajstić information content (AvgIpc) is 2.74. The van der Waals surface area contributed by atoms with Crippen molar-refractivity contribution in [3.63, 3.8) is 0 Å². The van der Waals surface area contributed by atoms with Crippen molar-refractivity contribution in [3.05, 3.63) is 104 Å². The number of ether oxygens (including phenoxy) is 1. The lowest BCUT2D eigenvalue weighted by atomic mass is 10.0. The van der Waals surface area contributed by atoms with Gasteiger partial charge in [0.15, 0.2) is 0 Å². The van der Waals surface area contributed by atoms with Crippen LogP contribution in [-0.2, 0) is 13.2 Å². The van der Waals surface area contributed by atoms with E-state index >= 15 is 0 Å². The lowest BCUT2D eigenvalue weighted by Crippen LogP contribution is -2.05. The Labute approximate surface area is 195 Å². The van der Waals surface area contributed by atoms with Crippen LogP contribution in [0.15, 0.2) is 72.8 Å². The molecule has 1 N–H and O–H groups in total. The molecule has 2 nitrogen and oxygen atoms in total. The number of hydrogen-bond acceptors (Lipinski definition) is 2. The maximum Gasteiger partial charge on any atom is 0.125 e. The summed E-state index contributed by atoms with van der Waals surface area (Å²) in [4.78, 5) is 0. The van der Waals surface area contributed by atoms with Crippen molar-refractivity contribution in [3.8, 4) is 5.75 Å². The van der Waals surface area contributed by atoms with Gasteiger partial charge in [-0.05, 0) is 47.2 Å². The summed E-state index contributed by atoms with van der Waals surface area (Å²) in [7, 11) is 0. The molecule has 4 rings (SSSR count). The number of anilines is 1. The first kappa shape index (κ1) is 21.1. The van der Waals surface area contributed by atoms with Gasteiger partial charge < -0.3 is 10.1 Å². The van der Waals surface area contributed by atoms with E-state index in [4.69, 9.17) is 51.1 Å². The molecule has 152 valence electrons. The Kier molecular flexibility index (Phi) is 6.60.